The van der Waals surface area contributed by atoms with Crippen molar-refractivity contribution < 1.29 is 21.8 Å². The first-order valence-electron chi connectivity index (χ1n) is 8.63. The van der Waals surface area contributed by atoms with Crippen LogP contribution in [0, 0.1) is 0 Å². The third-order valence-electron chi connectivity index (χ3n) is 4.61. The summed E-state index contributed by atoms with van der Waals surface area (Å²) in [5, 5.41) is 0.332. The molecule has 4 rings (SSSR count). The second-order valence-corrected chi connectivity index (χ2v) is 8.39. The van der Waals surface area contributed by atoms with Gasteiger partial charge in [0.2, 0.25) is 0 Å². The van der Waals surface area contributed by atoms with Gasteiger partial charge in [-0.05, 0) is 41.6 Å². The van der Waals surface area contributed by atoms with Crippen LogP contribution in [-0.2, 0) is 0 Å². The number of carbonyl (C=O) groups is 1. The maximum Gasteiger partial charge on any atom is 0.310 e. The van der Waals surface area contributed by atoms with Gasteiger partial charge >= 0.3 is 5.17 Å². The highest BCUT2D eigenvalue weighted by atomic mass is 79.9. The molecule has 0 spiro atoms. The highest BCUT2D eigenvalue weighted by Gasteiger charge is 2.45. The second-order valence-electron chi connectivity index (χ2n) is 6.31. The first-order chi connectivity index (χ1) is 13.1. The van der Waals surface area contributed by atoms with Crippen molar-refractivity contribution >= 4 is 44.3 Å². The smallest absolute Gasteiger partial charge is 0.310 e. The van der Waals surface area contributed by atoms with Crippen LogP contribution in [0.25, 0.3) is 0 Å². The first-order valence-corrected chi connectivity index (χ1v) is 10.3. The summed E-state index contributed by atoms with van der Waals surface area (Å²) in [6, 6.07) is 27.4. The molecule has 142 valence electrons. The number of ketones is 1. The van der Waals surface area contributed by atoms with E-state index in [0.29, 0.717) is 10.7 Å². The lowest BCUT2D eigenvalue weighted by Crippen LogP contribution is -3.00. The summed E-state index contributed by atoms with van der Waals surface area (Å²) in [6.45, 7) is 0. The van der Waals surface area contributed by atoms with Gasteiger partial charge in [-0.15, -0.1) is 0 Å². The lowest BCUT2D eigenvalue weighted by atomic mass is 9.96. The topological polar surface area (TPSA) is 46.1 Å². The highest BCUT2D eigenvalue weighted by Crippen LogP contribution is 2.41. The van der Waals surface area contributed by atoms with Gasteiger partial charge in [-0.2, -0.15) is 0 Å². The number of rotatable bonds is 4. The maximum atomic E-state index is 13.3. The van der Waals surface area contributed by atoms with Crippen LogP contribution in [0.15, 0.2) is 89.4 Å². The zero-order valence-electron chi connectivity index (χ0n) is 14.8. The number of nitrogens with zero attached hydrogens (tertiary/aromatic N) is 1. The first kappa shape index (κ1) is 20.6. The Labute approximate surface area is 183 Å². The van der Waals surface area contributed by atoms with Crippen molar-refractivity contribution in [2.75, 3.05) is 0 Å². The molecule has 3 nitrogen and oxygen atoms in total. The zero-order valence-corrected chi connectivity index (χ0v) is 18.0. The van der Waals surface area contributed by atoms with Gasteiger partial charge < -0.3 is 12.4 Å². The molecule has 0 saturated carbocycles. The number of hydrogen-bond donors (Lipinski definition) is 1. The van der Waals surface area contributed by atoms with Crippen molar-refractivity contribution in [3.8, 4) is 0 Å². The number of Topliss-reactive ketones (excluding diaryl/α,β-unsaturated/α-hetero) is 1. The van der Waals surface area contributed by atoms with E-state index in [9.17, 15) is 4.79 Å². The SMILES string of the molecule is NC1=[N+](c2ccc(Br)cc2)C(c2ccccc2)C(C(=O)c2ccccc2)S1.[Cl-]. The molecule has 0 amide bonds. The Hall–Kier alpha value is -2.08. The molecule has 2 N–H and O–H groups in total. The predicted molar refractivity (Wildman–Crippen MR) is 115 cm³/mol. The summed E-state index contributed by atoms with van der Waals surface area (Å²) in [5.41, 5.74) is 9.18. The molecule has 6 heteroatoms. The monoisotopic (exact) mass is 472 g/mol. The van der Waals surface area contributed by atoms with E-state index in [2.05, 4.69) is 32.6 Å². The van der Waals surface area contributed by atoms with Crippen molar-refractivity contribution in [3.05, 3.63) is 101 Å². The van der Waals surface area contributed by atoms with Crippen molar-refractivity contribution in [2.24, 2.45) is 5.73 Å². The number of benzene rings is 3. The molecule has 0 fully saturated rings. The van der Waals surface area contributed by atoms with Crippen molar-refractivity contribution in [1.82, 2.24) is 0 Å². The van der Waals surface area contributed by atoms with Crippen LogP contribution in [0.5, 0.6) is 0 Å². The normalized spacial score (nSPS) is 18.6. The van der Waals surface area contributed by atoms with Crippen LogP contribution < -0.4 is 18.1 Å². The van der Waals surface area contributed by atoms with E-state index in [1.54, 1.807) is 0 Å². The van der Waals surface area contributed by atoms with Gasteiger partial charge in [-0.25, -0.2) is 4.58 Å². The van der Waals surface area contributed by atoms with Gasteiger partial charge in [-0.3, -0.25) is 10.5 Å². The Bertz CT molecular complexity index is 994. The minimum Gasteiger partial charge on any atom is -1.00 e. The molecule has 28 heavy (non-hydrogen) atoms. The van der Waals surface area contributed by atoms with E-state index in [4.69, 9.17) is 5.73 Å². The van der Waals surface area contributed by atoms with E-state index in [1.807, 2.05) is 72.8 Å². The summed E-state index contributed by atoms with van der Waals surface area (Å²) in [7, 11) is 0. The van der Waals surface area contributed by atoms with Crippen LogP contribution >= 0.6 is 27.7 Å². The summed E-state index contributed by atoms with van der Waals surface area (Å²) < 4.78 is 3.07. The Kier molecular flexibility index (Phi) is 6.60. The fourth-order valence-corrected chi connectivity index (χ4v) is 4.86. The van der Waals surface area contributed by atoms with E-state index in [0.717, 1.165) is 15.7 Å². The van der Waals surface area contributed by atoms with E-state index in [1.165, 1.54) is 11.8 Å². The number of halogens is 2. The minimum atomic E-state index is -0.307. The van der Waals surface area contributed by atoms with Gasteiger partial charge in [0.05, 0.1) is 0 Å². The van der Waals surface area contributed by atoms with Crippen LogP contribution in [0.3, 0.4) is 0 Å². The average molecular weight is 474 g/mol. The number of carbonyl (C=O) groups excluding carboxylic acids is 1. The number of amidine groups is 1. The summed E-state index contributed by atoms with van der Waals surface area (Å²) in [4.78, 5) is 13.3. The van der Waals surface area contributed by atoms with E-state index >= 15 is 0 Å². The van der Waals surface area contributed by atoms with Gasteiger partial charge in [0.15, 0.2) is 5.78 Å². The molecule has 1 heterocycles. The maximum absolute atomic E-state index is 13.3. The molecule has 0 aliphatic carbocycles. The van der Waals surface area contributed by atoms with Crippen molar-refractivity contribution in [1.29, 1.82) is 0 Å². The number of hydrogen-bond acceptors (Lipinski definition) is 3. The molecule has 0 bridgehead atoms. The molecule has 0 aromatic heterocycles. The summed E-state index contributed by atoms with van der Waals surface area (Å²) in [6.07, 6.45) is 0. The van der Waals surface area contributed by atoms with Crippen LogP contribution in [-0.4, -0.2) is 20.8 Å². The lowest BCUT2D eigenvalue weighted by molar-refractivity contribution is -0.483. The van der Waals surface area contributed by atoms with Crippen molar-refractivity contribution in [3.63, 3.8) is 0 Å². The minimum absolute atomic E-state index is 0. The summed E-state index contributed by atoms with van der Waals surface area (Å²) >= 11 is 4.92. The Morgan fingerprint density at radius 2 is 1.46 bits per heavy atom. The fraction of sp³-hybridized carbons (Fsp3) is 0.0909. The molecule has 0 saturated heterocycles. The van der Waals surface area contributed by atoms with Gasteiger partial charge in [0, 0.05) is 10.0 Å². The highest BCUT2D eigenvalue weighted by molar-refractivity contribution is 9.10. The Morgan fingerprint density at radius 1 is 0.893 bits per heavy atom. The largest absolute Gasteiger partial charge is 1.00 e. The molecular formula is C22H18BrClN2OS. The molecular weight excluding hydrogens is 456 g/mol. The average Bonchev–Trinajstić information content (AvgIpc) is 3.06. The Morgan fingerprint density at radius 3 is 2.07 bits per heavy atom. The second kappa shape index (κ2) is 8.95. The molecule has 0 radical (unpaired) electrons. The molecule has 1 aliphatic rings. The molecule has 3 aromatic rings. The Balaban J connectivity index is 0.00000225. The van der Waals surface area contributed by atoms with Crippen molar-refractivity contribution in [2.45, 2.75) is 11.3 Å². The van der Waals surface area contributed by atoms with Gasteiger partial charge in [0.25, 0.3) is 0 Å². The standard InChI is InChI=1S/C22H17BrN2OS.ClH/c23-17-11-13-18(14-12-17)25-19(15-7-3-1-4-8-15)21(27-22(25)24)20(26)16-9-5-2-6-10-16;/h1-14,19,21,24H;1H. The molecule has 2 unspecified atom stereocenters. The van der Waals surface area contributed by atoms with Crippen LogP contribution in [0.4, 0.5) is 5.69 Å². The third-order valence-corrected chi connectivity index (χ3v) is 6.31. The van der Waals surface area contributed by atoms with Gasteiger partial charge in [0.1, 0.15) is 17.0 Å². The molecule has 2 atom stereocenters. The number of nitrogens with two attached hydrogens (primary N) is 1. The van der Waals surface area contributed by atoms with E-state index < -0.39 is 0 Å². The molecule has 1 aliphatic heterocycles. The fourth-order valence-electron chi connectivity index (χ4n) is 3.35. The van der Waals surface area contributed by atoms with Gasteiger partial charge in [-0.1, -0.05) is 76.6 Å². The summed E-state index contributed by atoms with van der Waals surface area (Å²) in [5.74, 6) is 0.0945. The quantitative estimate of drug-likeness (QED) is 0.467. The van der Waals surface area contributed by atoms with E-state index in [-0.39, 0.29) is 29.5 Å². The zero-order chi connectivity index (χ0) is 18.8. The molecule has 3 aromatic carbocycles. The predicted octanol–water partition coefficient (Wildman–Crippen LogP) is 2.15. The number of thioether (sulfide) groups is 1. The van der Waals surface area contributed by atoms with Crippen LogP contribution in [0.2, 0.25) is 0 Å². The third kappa shape index (κ3) is 4.02. The lowest BCUT2D eigenvalue weighted by Gasteiger charge is -2.19. The van der Waals surface area contributed by atoms with Crippen LogP contribution in [0.1, 0.15) is 22.0 Å².